The number of halogens is 2. The number of rotatable bonds is 8. The minimum atomic E-state index is 0. The molecule has 0 fully saturated rings. The van der Waals surface area contributed by atoms with Gasteiger partial charge in [-0.1, -0.05) is 29.8 Å². The molecular formula is C15H25ClIN3O. The van der Waals surface area contributed by atoms with E-state index in [1.54, 1.807) is 7.05 Å². The van der Waals surface area contributed by atoms with E-state index in [0.717, 1.165) is 49.1 Å². The van der Waals surface area contributed by atoms with Crippen molar-refractivity contribution in [2.24, 2.45) is 4.99 Å². The van der Waals surface area contributed by atoms with Crippen LogP contribution >= 0.6 is 35.6 Å². The maximum atomic E-state index is 6.11. The van der Waals surface area contributed by atoms with Crippen LogP contribution in [0.2, 0.25) is 5.02 Å². The van der Waals surface area contributed by atoms with Gasteiger partial charge in [0.1, 0.15) is 0 Å². The Morgan fingerprint density at radius 2 is 2.00 bits per heavy atom. The van der Waals surface area contributed by atoms with Gasteiger partial charge in [0.25, 0.3) is 0 Å². The number of unbranched alkanes of at least 4 members (excludes halogenated alkanes) is 1. The van der Waals surface area contributed by atoms with Crippen molar-refractivity contribution in [2.75, 3.05) is 26.8 Å². The third kappa shape index (κ3) is 9.16. The SMILES string of the molecule is CCOCCCCNC(=NC)NCc1ccccc1Cl.I. The molecule has 0 radical (unpaired) electrons. The highest BCUT2D eigenvalue weighted by Crippen LogP contribution is 2.14. The lowest BCUT2D eigenvalue weighted by molar-refractivity contribution is 0.143. The minimum absolute atomic E-state index is 0. The molecule has 0 amide bonds. The molecule has 0 heterocycles. The number of hydrogen-bond acceptors (Lipinski definition) is 2. The van der Waals surface area contributed by atoms with Crippen LogP contribution in [0.1, 0.15) is 25.3 Å². The first-order valence-corrected chi connectivity index (χ1v) is 7.41. The lowest BCUT2D eigenvalue weighted by atomic mass is 10.2. The van der Waals surface area contributed by atoms with E-state index >= 15 is 0 Å². The lowest BCUT2D eigenvalue weighted by Crippen LogP contribution is -2.37. The van der Waals surface area contributed by atoms with Crippen molar-refractivity contribution in [1.29, 1.82) is 0 Å². The summed E-state index contributed by atoms with van der Waals surface area (Å²) in [5.41, 5.74) is 1.06. The normalized spacial score (nSPS) is 10.9. The topological polar surface area (TPSA) is 45.6 Å². The Hall–Kier alpha value is -0.530. The van der Waals surface area contributed by atoms with E-state index in [1.165, 1.54) is 0 Å². The van der Waals surface area contributed by atoms with E-state index in [4.69, 9.17) is 16.3 Å². The zero-order valence-electron chi connectivity index (χ0n) is 12.7. The Labute approximate surface area is 149 Å². The van der Waals surface area contributed by atoms with Crippen molar-refractivity contribution in [3.8, 4) is 0 Å². The molecule has 0 atom stereocenters. The summed E-state index contributed by atoms with van der Waals surface area (Å²) in [6.45, 7) is 5.17. The average molecular weight is 426 g/mol. The lowest BCUT2D eigenvalue weighted by Gasteiger charge is -2.12. The monoisotopic (exact) mass is 425 g/mol. The van der Waals surface area contributed by atoms with Gasteiger partial charge in [0.15, 0.2) is 5.96 Å². The predicted octanol–water partition coefficient (Wildman–Crippen LogP) is 3.44. The summed E-state index contributed by atoms with van der Waals surface area (Å²) >= 11 is 6.11. The predicted molar refractivity (Wildman–Crippen MR) is 101 cm³/mol. The highest BCUT2D eigenvalue weighted by molar-refractivity contribution is 14.0. The fraction of sp³-hybridized carbons (Fsp3) is 0.533. The van der Waals surface area contributed by atoms with Gasteiger partial charge in [0.05, 0.1) is 0 Å². The van der Waals surface area contributed by atoms with Gasteiger partial charge < -0.3 is 15.4 Å². The van der Waals surface area contributed by atoms with Crippen LogP contribution < -0.4 is 10.6 Å². The molecule has 4 nitrogen and oxygen atoms in total. The van der Waals surface area contributed by atoms with Crippen molar-refractivity contribution >= 4 is 41.5 Å². The quantitative estimate of drug-likeness (QED) is 0.290. The van der Waals surface area contributed by atoms with E-state index in [2.05, 4.69) is 15.6 Å². The summed E-state index contributed by atoms with van der Waals surface area (Å²) in [6.07, 6.45) is 2.12. The summed E-state index contributed by atoms with van der Waals surface area (Å²) in [6, 6.07) is 7.80. The minimum Gasteiger partial charge on any atom is -0.382 e. The second-order valence-electron chi connectivity index (χ2n) is 4.35. The number of ether oxygens (including phenoxy) is 1. The molecule has 1 rings (SSSR count). The fourth-order valence-corrected chi connectivity index (χ4v) is 1.92. The summed E-state index contributed by atoms with van der Waals surface area (Å²) < 4.78 is 5.30. The molecule has 0 bridgehead atoms. The third-order valence-electron chi connectivity index (χ3n) is 2.84. The highest BCUT2D eigenvalue weighted by Gasteiger charge is 2.01. The van der Waals surface area contributed by atoms with Crippen molar-refractivity contribution in [2.45, 2.75) is 26.3 Å². The van der Waals surface area contributed by atoms with E-state index < -0.39 is 0 Å². The molecule has 0 aliphatic carbocycles. The van der Waals surface area contributed by atoms with Gasteiger partial charge in [-0.15, -0.1) is 24.0 Å². The number of nitrogens with zero attached hydrogens (tertiary/aromatic N) is 1. The first kappa shape index (κ1) is 20.5. The Kier molecular flexibility index (Phi) is 12.8. The van der Waals surface area contributed by atoms with Crippen molar-refractivity contribution in [3.05, 3.63) is 34.9 Å². The van der Waals surface area contributed by atoms with Gasteiger partial charge in [-0.05, 0) is 31.4 Å². The second kappa shape index (κ2) is 13.2. The summed E-state index contributed by atoms with van der Waals surface area (Å²) in [7, 11) is 1.77. The maximum Gasteiger partial charge on any atom is 0.191 e. The van der Waals surface area contributed by atoms with Crippen LogP contribution in [0.3, 0.4) is 0 Å². The van der Waals surface area contributed by atoms with Crippen LogP contribution in [-0.4, -0.2) is 32.8 Å². The molecule has 0 unspecified atom stereocenters. The van der Waals surface area contributed by atoms with Crippen LogP contribution in [0.5, 0.6) is 0 Å². The molecule has 0 spiro atoms. The molecule has 0 aliphatic rings. The van der Waals surface area contributed by atoms with Gasteiger partial charge in [0.2, 0.25) is 0 Å². The van der Waals surface area contributed by atoms with Gasteiger partial charge >= 0.3 is 0 Å². The molecule has 0 saturated heterocycles. The van der Waals surface area contributed by atoms with Gasteiger partial charge in [-0.25, -0.2) is 0 Å². The van der Waals surface area contributed by atoms with Crippen molar-refractivity contribution in [1.82, 2.24) is 10.6 Å². The first-order chi connectivity index (χ1) is 9.77. The van der Waals surface area contributed by atoms with Crippen LogP contribution in [0.4, 0.5) is 0 Å². The number of hydrogen-bond donors (Lipinski definition) is 2. The summed E-state index contributed by atoms with van der Waals surface area (Å²) in [5.74, 6) is 0.793. The Bertz CT molecular complexity index is 416. The molecule has 6 heteroatoms. The molecule has 1 aromatic carbocycles. The van der Waals surface area contributed by atoms with Gasteiger partial charge in [-0.2, -0.15) is 0 Å². The molecule has 0 aliphatic heterocycles. The number of benzene rings is 1. The highest BCUT2D eigenvalue weighted by atomic mass is 127. The van der Waals surface area contributed by atoms with Crippen LogP contribution in [0.15, 0.2) is 29.3 Å². The molecule has 1 aromatic rings. The standard InChI is InChI=1S/C15H24ClN3O.HI/c1-3-20-11-7-6-10-18-15(17-2)19-12-13-8-4-5-9-14(13)16;/h4-5,8-9H,3,6-7,10-12H2,1-2H3,(H2,17,18,19);1H. The average Bonchev–Trinajstić information content (AvgIpc) is 2.47. The van der Waals surface area contributed by atoms with Crippen molar-refractivity contribution in [3.63, 3.8) is 0 Å². The van der Waals surface area contributed by atoms with E-state index in [9.17, 15) is 0 Å². The second-order valence-corrected chi connectivity index (χ2v) is 4.76. The maximum absolute atomic E-state index is 6.11. The molecule has 21 heavy (non-hydrogen) atoms. The van der Waals surface area contributed by atoms with Gasteiger partial charge in [0, 0.05) is 38.4 Å². The van der Waals surface area contributed by atoms with Gasteiger partial charge in [-0.3, -0.25) is 4.99 Å². The van der Waals surface area contributed by atoms with E-state index in [1.807, 2.05) is 31.2 Å². The molecule has 0 aromatic heterocycles. The smallest absolute Gasteiger partial charge is 0.191 e. The largest absolute Gasteiger partial charge is 0.382 e. The zero-order chi connectivity index (χ0) is 14.6. The van der Waals surface area contributed by atoms with Crippen LogP contribution in [0.25, 0.3) is 0 Å². The number of aliphatic imine (C=N–C) groups is 1. The summed E-state index contributed by atoms with van der Waals surface area (Å²) in [4.78, 5) is 4.19. The fourth-order valence-electron chi connectivity index (χ4n) is 1.72. The summed E-state index contributed by atoms with van der Waals surface area (Å²) in [5, 5.41) is 7.30. The molecule has 0 saturated carbocycles. The Morgan fingerprint density at radius 3 is 2.67 bits per heavy atom. The zero-order valence-corrected chi connectivity index (χ0v) is 15.8. The Balaban J connectivity index is 0.00000400. The molecule has 120 valence electrons. The number of guanidine groups is 1. The van der Waals surface area contributed by atoms with Crippen LogP contribution in [-0.2, 0) is 11.3 Å². The van der Waals surface area contributed by atoms with Crippen LogP contribution in [0, 0.1) is 0 Å². The molecule has 2 N–H and O–H groups in total. The van der Waals surface area contributed by atoms with E-state index in [0.29, 0.717) is 6.54 Å². The first-order valence-electron chi connectivity index (χ1n) is 7.03. The van der Waals surface area contributed by atoms with E-state index in [-0.39, 0.29) is 24.0 Å². The van der Waals surface area contributed by atoms with Crippen molar-refractivity contribution < 1.29 is 4.74 Å². The Morgan fingerprint density at radius 1 is 1.24 bits per heavy atom. The third-order valence-corrected chi connectivity index (χ3v) is 3.21. The number of nitrogens with one attached hydrogen (secondary N) is 2. The molecular weight excluding hydrogens is 401 g/mol.